The number of halogens is 1. The molecule has 3 aromatic rings. The molecule has 0 saturated heterocycles. The van der Waals surface area contributed by atoms with E-state index in [2.05, 4.69) is 5.32 Å². The largest absolute Gasteiger partial charge is 0.490 e. The average Bonchev–Trinajstić information content (AvgIpc) is 2.71. The number of sulfonamides is 1. The molecule has 0 bridgehead atoms. The number of nitrogens with two attached hydrogens (primary N) is 1. The standard InChI is InChI=1S/C22H23ClN2O4S/c1-2-28-22-13-16(14-25-19-7-9-20(10-8-19)30(24,26)27)6-11-21(22)29-15-17-4-3-5-18(23)12-17/h3-13,25H,2,14-15H2,1H3,(H2,24,26,27). The van der Waals surface area contributed by atoms with E-state index in [4.69, 9.17) is 26.2 Å². The lowest BCUT2D eigenvalue weighted by Gasteiger charge is -2.14. The first-order valence-electron chi connectivity index (χ1n) is 9.35. The maximum atomic E-state index is 11.3. The number of hydrogen-bond donors (Lipinski definition) is 2. The van der Waals surface area contributed by atoms with Crippen LogP contribution < -0.4 is 19.9 Å². The topological polar surface area (TPSA) is 90.6 Å². The van der Waals surface area contributed by atoms with Crippen molar-refractivity contribution in [3.8, 4) is 11.5 Å². The van der Waals surface area contributed by atoms with Crippen LogP contribution in [-0.4, -0.2) is 15.0 Å². The summed E-state index contributed by atoms with van der Waals surface area (Å²) in [4.78, 5) is 0.0767. The van der Waals surface area contributed by atoms with Crippen LogP contribution in [0.25, 0.3) is 0 Å². The summed E-state index contributed by atoms with van der Waals surface area (Å²) in [5.41, 5.74) is 2.74. The highest BCUT2D eigenvalue weighted by molar-refractivity contribution is 7.89. The second kappa shape index (κ2) is 9.84. The Balaban J connectivity index is 1.66. The molecule has 3 N–H and O–H groups in total. The molecule has 0 amide bonds. The van der Waals surface area contributed by atoms with Crippen molar-refractivity contribution in [3.05, 3.63) is 82.9 Å². The molecule has 0 aliphatic heterocycles. The van der Waals surface area contributed by atoms with Crippen molar-refractivity contribution in [3.63, 3.8) is 0 Å². The first-order chi connectivity index (χ1) is 14.3. The first kappa shape index (κ1) is 22.0. The molecule has 30 heavy (non-hydrogen) atoms. The molecule has 158 valence electrons. The molecule has 6 nitrogen and oxygen atoms in total. The summed E-state index contributed by atoms with van der Waals surface area (Å²) in [7, 11) is -3.70. The second-order valence-corrected chi connectivity index (χ2v) is 8.55. The van der Waals surface area contributed by atoms with Gasteiger partial charge in [-0.2, -0.15) is 0 Å². The van der Waals surface area contributed by atoms with Crippen molar-refractivity contribution in [2.75, 3.05) is 11.9 Å². The Morgan fingerprint density at radius 3 is 2.37 bits per heavy atom. The molecule has 0 heterocycles. The van der Waals surface area contributed by atoms with E-state index < -0.39 is 10.0 Å². The maximum Gasteiger partial charge on any atom is 0.238 e. The van der Waals surface area contributed by atoms with Crippen LogP contribution in [0.4, 0.5) is 5.69 Å². The van der Waals surface area contributed by atoms with Crippen molar-refractivity contribution >= 4 is 27.3 Å². The number of rotatable bonds is 9. The van der Waals surface area contributed by atoms with Gasteiger partial charge in [0.2, 0.25) is 10.0 Å². The first-order valence-corrected chi connectivity index (χ1v) is 11.3. The van der Waals surface area contributed by atoms with Gasteiger partial charge in [-0.15, -0.1) is 0 Å². The van der Waals surface area contributed by atoms with E-state index >= 15 is 0 Å². The van der Waals surface area contributed by atoms with Gasteiger partial charge in [0.25, 0.3) is 0 Å². The van der Waals surface area contributed by atoms with E-state index in [1.807, 2.05) is 49.4 Å². The Kier molecular flexibility index (Phi) is 7.20. The number of nitrogens with one attached hydrogen (secondary N) is 1. The van der Waals surface area contributed by atoms with E-state index in [0.29, 0.717) is 36.3 Å². The molecule has 3 rings (SSSR count). The number of hydrogen-bond acceptors (Lipinski definition) is 5. The zero-order chi connectivity index (χ0) is 21.6. The summed E-state index contributed by atoms with van der Waals surface area (Å²) in [6, 6.07) is 19.5. The minimum atomic E-state index is -3.70. The Hall–Kier alpha value is -2.74. The Morgan fingerprint density at radius 2 is 1.70 bits per heavy atom. The number of anilines is 1. The molecule has 0 spiro atoms. The van der Waals surface area contributed by atoms with E-state index in [9.17, 15) is 8.42 Å². The molecule has 0 aromatic heterocycles. The second-order valence-electron chi connectivity index (χ2n) is 6.56. The van der Waals surface area contributed by atoms with Gasteiger partial charge in [0.15, 0.2) is 11.5 Å². The number of benzene rings is 3. The van der Waals surface area contributed by atoms with Gasteiger partial charge in [-0.1, -0.05) is 29.8 Å². The normalized spacial score (nSPS) is 11.2. The number of ether oxygens (including phenoxy) is 2. The highest BCUT2D eigenvalue weighted by atomic mass is 35.5. The molecule has 0 aliphatic rings. The summed E-state index contributed by atoms with van der Waals surface area (Å²) < 4.78 is 34.3. The van der Waals surface area contributed by atoms with Crippen LogP contribution >= 0.6 is 11.6 Å². The minimum absolute atomic E-state index is 0.0767. The summed E-state index contributed by atoms with van der Waals surface area (Å²) >= 11 is 6.02. The van der Waals surface area contributed by atoms with Crippen molar-refractivity contribution in [1.82, 2.24) is 0 Å². The van der Waals surface area contributed by atoms with Crippen LogP contribution in [-0.2, 0) is 23.2 Å². The van der Waals surface area contributed by atoms with Gasteiger partial charge in [0.1, 0.15) is 6.61 Å². The van der Waals surface area contributed by atoms with E-state index in [1.165, 1.54) is 12.1 Å². The summed E-state index contributed by atoms with van der Waals surface area (Å²) in [6.45, 7) is 3.34. The fourth-order valence-electron chi connectivity index (χ4n) is 2.80. The maximum absolute atomic E-state index is 11.3. The molecule has 0 saturated carbocycles. The number of primary sulfonamides is 1. The lowest BCUT2D eigenvalue weighted by Crippen LogP contribution is -2.12. The zero-order valence-corrected chi connectivity index (χ0v) is 18.0. The molecular weight excluding hydrogens is 424 g/mol. The van der Waals surface area contributed by atoms with Gasteiger partial charge in [0.05, 0.1) is 11.5 Å². The molecule has 0 fully saturated rings. The average molecular weight is 447 g/mol. The van der Waals surface area contributed by atoms with Crippen molar-refractivity contribution < 1.29 is 17.9 Å². The van der Waals surface area contributed by atoms with Crippen LogP contribution in [0.2, 0.25) is 5.02 Å². The van der Waals surface area contributed by atoms with E-state index in [0.717, 1.165) is 16.8 Å². The third-order valence-corrected chi connectivity index (χ3v) is 5.44. The highest BCUT2D eigenvalue weighted by Gasteiger charge is 2.09. The molecule has 3 aromatic carbocycles. The zero-order valence-electron chi connectivity index (χ0n) is 16.5. The van der Waals surface area contributed by atoms with Gasteiger partial charge < -0.3 is 14.8 Å². The van der Waals surface area contributed by atoms with E-state index in [1.54, 1.807) is 12.1 Å². The van der Waals surface area contributed by atoms with Gasteiger partial charge >= 0.3 is 0 Å². The van der Waals surface area contributed by atoms with Crippen LogP contribution in [0.15, 0.2) is 71.6 Å². The minimum Gasteiger partial charge on any atom is -0.490 e. The SMILES string of the molecule is CCOc1cc(CNc2ccc(S(N)(=O)=O)cc2)ccc1OCc1cccc(Cl)c1. The third-order valence-electron chi connectivity index (χ3n) is 4.27. The fraction of sp³-hybridized carbons (Fsp3) is 0.182. The Bertz CT molecular complexity index is 1100. The fourth-order valence-corrected chi connectivity index (χ4v) is 3.53. The summed E-state index contributed by atoms with van der Waals surface area (Å²) in [6.07, 6.45) is 0. The predicted octanol–water partition coefficient (Wildman–Crippen LogP) is 4.58. The van der Waals surface area contributed by atoms with Crippen molar-refractivity contribution in [2.45, 2.75) is 25.0 Å². The molecule has 8 heteroatoms. The Morgan fingerprint density at radius 1 is 0.933 bits per heavy atom. The van der Waals surface area contributed by atoms with Gasteiger partial charge in [-0.3, -0.25) is 0 Å². The smallest absolute Gasteiger partial charge is 0.238 e. The van der Waals surface area contributed by atoms with E-state index in [-0.39, 0.29) is 4.90 Å². The van der Waals surface area contributed by atoms with Crippen LogP contribution in [0.3, 0.4) is 0 Å². The Labute approximate surface area is 181 Å². The molecule has 0 aliphatic carbocycles. The quantitative estimate of drug-likeness (QED) is 0.502. The summed E-state index contributed by atoms with van der Waals surface area (Å²) in [5, 5.41) is 9.03. The molecular formula is C22H23ClN2O4S. The predicted molar refractivity (Wildman–Crippen MR) is 119 cm³/mol. The van der Waals surface area contributed by atoms with Gasteiger partial charge in [-0.05, 0) is 66.6 Å². The molecule has 0 unspecified atom stereocenters. The van der Waals surface area contributed by atoms with Crippen molar-refractivity contribution in [2.24, 2.45) is 5.14 Å². The highest BCUT2D eigenvalue weighted by Crippen LogP contribution is 2.30. The van der Waals surface area contributed by atoms with Gasteiger partial charge in [0, 0.05) is 17.3 Å². The van der Waals surface area contributed by atoms with Gasteiger partial charge in [-0.25, -0.2) is 13.6 Å². The lowest BCUT2D eigenvalue weighted by atomic mass is 10.2. The summed E-state index contributed by atoms with van der Waals surface area (Å²) in [5.74, 6) is 1.31. The molecule has 0 atom stereocenters. The van der Waals surface area contributed by atoms with Crippen LogP contribution in [0.5, 0.6) is 11.5 Å². The van der Waals surface area contributed by atoms with Crippen LogP contribution in [0, 0.1) is 0 Å². The van der Waals surface area contributed by atoms with Crippen molar-refractivity contribution in [1.29, 1.82) is 0 Å². The lowest BCUT2D eigenvalue weighted by molar-refractivity contribution is 0.269. The molecule has 0 radical (unpaired) electrons. The van der Waals surface area contributed by atoms with Crippen LogP contribution in [0.1, 0.15) is 18.1 Å². The monoisotopic (exact) mass is 446 g/mol. The third kappa shape index (κ3) is 6.13.